The molecule has 1 saturated carbocycles. The Morgan fingerprint density at radius 2 is 2.00 bits per heavy atom. The summed E-state index contributed by atoms with van der Waals surface area (Å²) < 4.78 is 2.52. The van der Waals surface area contributed by atoms with Crippen LogP contribution in [0.3, 0.4) is 0 Å². The quantitative estimate of drug-likeness (QED) is 0.588. The van der Waals surface area contributed by atoms with E-state index in [1.54, 1.807) is 0 Å². The van der Waals surface area contributed by atoms with E-state index < -0.39 is 0 Å². The lowest BCUT2D eigenvalue weighted by Gasteiger charge is -2.18. The molecule has 2 atom stereocenters. The van der Waals surface area contributed by atoms with Gasteiger partial charge < -0.3 is 9.88 Å². The van der Waals surface area contributed by atoms with Gasteiger partial charge in [0.15, 0.2) is 0 Å². The highest BCUT2D eigenvalue weighted by molar-refractivity contribution is 5.80. The molecule has 31 heavy (non-hydrogen) atoms. The van der Waals surface area contributed by atoms with Crippen molar-refractivity contribution < 1.29 is 1.43 Å². The molecular weight excluding hydrogens is 382 g/mol. The first-order valence-electron chi connectivity index (χ1n) is 11.7. The Hall–Kier alpha value is -2.79. The van der Waals surface area contributed by atoms with Gasteiger partial charge in [-0.1, -0.05) is 26.0 Å². The molecule has 5 heterocycles. The minimum atomic E-state index is 0. The third kappa shape index (κ3) is 3.51. The summed E-state index contributed by atoms with van der Waals surface area (Å²) in [5.74, 6) is 1.86. The lowest BCUT2D eigenvalue weighted by molar-refractivity contribution is 0.530. The molecule has 2 bridgehead atoms. The number of hydrogen-bond acceptors (Lipinski definition) is 4. The second-order valence-electron chi connectivity index (χ2n) is 8.48. The van der Waals surface area contributed by atoms with Crippen molar-refractivity contribution in [2.75, 3.05) is 13.1 Å². The third-order valence-electron chi connectivity index (χ3n) is 6.63. The molecule has 5 heteroatoms. The van der Waals surface area contributed by atoms with Crippen LogP contribution in [-0.4, -0.2) is 32.6 Å². The zero-order chi connectivity index (χ0) is 21.4. The van der Waals surface area contributed by atoms with Gasteiger partial charge in [-0.05, 0) is 69.0 Å². The van der Waals surface area contributed by atoms with Gasteiger partial charge in [0, 0.05) is 37.4 Å². The van der Waals surface area contributed by atoms with Gasteiger partial charge in [-0.25, -0.2) is 4.98 Å². The molecule has 2 aliphatic heterocycles. The van der Waals surface area contributed by atoms with E-state index in [4.69, 9.17) is 9.97 Å². The molecule has 0 spiro atoms. The lowest BCUT2D eigenvalue weighted by atomic mass is 10.0. The molecule has 3 aromatic heterocycles. The van der Waals surface area contributed by atoms with Crippen LogP contribution in [0.2, 0.25) is 0 Å². The van der Waals surface area contributed by atoms with E-state index in [0.717, 1.165) is 42.3 Å². The van der Waals surface area contributed by atoms with Crippen molar-refractivity contribution in [2.45, 2.75) is 58.4 Å². The van der Waals surface area contributed by atoms with E-state index in [9.17, 15) is 0 Å². The third-order valence-corrected chi connectivity index (χ3v) is 6.63. The largest absolute Gasteiger partial charge is 0.324 e. The maximum atomic E-state index is 5.16. The topological polar surface area (TPSA) is 55.6 Å². The van der Waals surface area contributed by atoms with E-state index >= 15 is 0 Å². The van der Waals surface area contributed by atoms with Gasteiger partial charge >= 0.3 is 0 Å². The van der Waals surface area contributed by atoms with Gasteiger partial charge in [-0.2, -0.15) is 0 Å². The SMILES string of the molecule is CC.Cc1cccc(-c2nc3n(c2-c2ccnc(C4=CCNCC4)c2)C2CCC3C2)n1.[HH]. The number of pyridine rings is 2. The smallest absolute Gasteiger partial charge is 0.115 e. The highest BCUT2D eigenvalue weighted by Crippen LogP contribution is 2.52. The van der Waals surface area contributed by atoms with Gasteiger partial charge in [0.05, 0.1) is 17.1 Å². The summed E-state index contributed by atoms with van der Waals surface area (Å²) in [4.78, 5) is 14.7. The highest BCUT2D eigenvalue weighted by Gasteiger charge is 2.41. The summed E-state index contributed by atoms with van der Waals surface area (Å²) in [6.07, 6.45) is 9.01. The fraction of sp³-hybridized carbons (Fsp3) is 0.423. The van der Waals surface area contributed by atoms with Crippen LogP contribution in [0, 0.1) is 6.92 Å². The van der Waals surface area contributed by atoms with Crippen LogP contribution in [0.25, 0.3) is 28.2 Å². The monoisotopic (exact) mass is 415 g/mol. The number of nitrogens with zero attached hydrogens (tertiary/aromatic N) is 4. The van der Waals surface area contributed by atoms with Gasteiger partial charge in [0.1, 0.15) is 11.5 Å². The van der Waals surface area contributed by atoms with Gasteiger partial charge in [-0.15, -0.1) is 0 Å². The van der Waals surface area contributed by atoms with Crippen LogP contribution in [0.15, 0.2) is 42.6 Å². The van der Waals surface area contributed by atoms with Crippen LogP contribution in [-0.2, 0) is 0 Å². The first-order valence-corrected chi connectivity index (χ1v) is 11.7. The molecule has 2 unspecified atom stereocenters. The molecule has 3 aromatic rings. The summed E-state index contributed by atoms with van der Waals surface area (Å²) in [7, 11) is 0. The molecule has 6 rings (SSSR count). The van der Waals surface area contributed by atoms with Crippen molar-refractivity contribution in [3.05, 3.63) is 59.8 Å². The number of imidazole rings is 1. The first kappa shape index (κ1) is 20.1. The number of aryl methyl sites for hydroxylation is 1. The minimum absolute atomic E-state index is 0. The van der Waals surface area contributed by atoms with E-state index in [1.165, 1.54) is 41.9 Å². The average Bonchev–Trinajstić information content (AvgIpc) is 3.54. The Morgan fingerprint density at radius 3 is 2.81 bits per heavy atom. The minimum Gasteiger partial charge on any atom is -0.324 e. The van der Waals surface area contributed by atoms with E-state index in [0.29, 0.717) is 12.0 Å². The molecule has 1 fully saturated rings. The summed E-state index contributed by atoms with van der Waals surface area (Å²) in [6.45, 7) is 7.98. The first-order chi connectivity index (χ1) is 15.3. The molecule has 1 aliphatic carbocycles. The van der Waals surface area contributed by atoms with Crippen molar-refractivity contribution in [3.8, 4) is 22.6 Å². The zero-order valence-corrected chi connectivity index (χ0v) is 18.7. The maximum absolute atomic E-state index is 5.16. The molecule has 0 aromatic carbocycles. The fourth-order valence-corrected chi connectivity index (χ4v) is 5.27. The molecule has 1 N–H and O–H groups in total. The predicted molar refractivity (Wildman–Crippen MR) is 128 cm³/mol. The maximum Gasteiger partial charge on any atom is 0.115 e. The highest BCUT2D eigenvalue weighted by atomic mass is 15.2. The van der Waals surface area contributed by atoms with Gasteiger partial charge in [-0.3, -0.25) is 9.97 Å². The van der Waals surface area contributed by atoms with Crippen molar-refractivity contribution >= 4 is 5.57 Å². The molecule has 0 amide bonds. The molecule has 3 aliphatic rings. The normalized spacial score (nSPS) is 21.3. The van der Waals surface area contributed by atoms with E-state index in [-0.39, 0.29) is 1.43 Å². The van der Waals surface area contributed by atoms with Crippen LogP contribution < -0.4 is 5.32 Å². The number of fused-ring (bicyclic) bond motifs is 5. The Labute approximate surface area is 186 Å². The Bertz CT molecular complexity index is 1130. The van der Waals surface area contributed by atoms with Crippen LogP contribution >= 0.6 is 0 Å². The van der Waals surface area contributed by atoms with Gasteiger partial charge in [0.25, 0.3) is 0 Å². The van der Waals surface area contributed by atoms with E-state index in [2.05, 4.69) is 45.2 Å². The number of rotatable bonds is 3. The van der Waals surface area contributed by atoms with Crippen molar-refractivity contribution in [1.82, 2.24) is 24.8 Å². The Balaban J connectivity index is 0.000000796. The number of nitrogens with one attached hydrogen (secondary N) is 1. The van der Waals surface area contributed by atoms with Crippen molar-refractivity contribution in [2.24, 2.45) is 0 Å². The molecule has 0 radical (unpaired) electrons. The Morgan fingerprint density at radius 1 is 1.10 bits per heavy atom. The second kappa shape index (κ2) is 8.39. The summed E-state index contributed by atoms with van der Waals surface area (Å²) in [5, 5.41) is 3.39. The predicted octanol–water partition coefficient (Wildman–Crippen LogP) is 5.79. The van der Waals surface area contributed by atoms with Crippen molar-refractivity contribution in [1.29, 1.82) is 0 Å². The second-order valence-corrected chi connectivity index (χ2v) is 8.48. The molecular formula is C26H33N5. The average molecular weight is 416 g/mol. The van der Waals surface area contributed by atoms with E-state index in [1.807, 2.05) is 33.0 Å². The lowest BCUT2D eigenvalue weighted by Crippen LogP contribution is -2.20. The summed E-state index contributed by atoms with van der Waals surface area (Å²) in [6, 6.07) is 11.2. The van der Waals surface area contributed by atoms with Gasteiger partial charge in [0.2, 0.25) is 0 Å². The molecule has 0 saturated heterocycles. The summed E-state index contributed by atoms with van der Waals surface area (Å²) in [5.41, 5.74) is 7.88. The fourth-order valence-electron chi connectivity index (χ4n) is 5.27. The van der Waals surface area contributed by atoms with Crippen LogP contribution in [0.5, 0.6) is 0 Å². The van der Waals surface area contributed by atoms with Crippen LogP contribution in [0.1, 0.15) is 70.1 Å². The molecule has 5 nitrogen and oxygen atoms in total. The number of aromatic nitrogens is 4. The standard InChI is InChI=1S/C24H25N5.C2H6.H2/c1-15-3-2-4-20(27-15)22-23(29-19-6-5-18(13-19)24(29)28-22)17-9-12-26-21(14-17)16-7-10-25-11-8-16;1-2;/h2-4,7,9,12,14,18-19,25H,5-6,8,10-11,13H2,1H3;1-2H3;1H. The van der Waals surface area contributed by atoms with Crippen molar-refractivity contribution in [3.63, 3.8) is 0 Å². The zero-order valence-electron chi connectivity index (χ0n) is 18.7. The Kier molecular flexibility index (Phi) is 5.45. The number of hydrogen-bond donors (Lipinski definition) is 1. The van der Waals surface area contributed by atoms with Crippen LogP contribution in [0.4, 0.5) is 0 Å². The summed E-state index contributed by atoms with van der Waals surface area (Å²) >= 11 is 0. The molecule has 162 valence electrons.